The number of likely N-dealkylation sites (tertiary alicyclic amines) is 1. The molecule has 0 aromatic heterocycles. The van der Waals surface area contributed by atoms with E-state index in [0.29, 0.717) is 13.0 Å². The molecular weight excluding hydrogens is 792 g/mol. The number of hydrogen-bond donors (Lipinski definition) is 3. The van der Waals surface area contributed by atoms with Crippen LogP contribution in [0.2, 0.25) is 0 Å². The first-order valence-corrected chi connectivity index (χ1v) is 22.5. The number of esters is 2. The lowest BCUT2D eigenvalue weighted by Gasteiger charge is -2.52. The molecule has 4 saturated heterocycles. The van der Waals surface area contributed by atoms with Crippen molar-refractivity contribution in [3.8, 4) is 0 Å². The van der Waals surface area contributed by atoms with Crippen LogP contribution in [0, 0.1) is 23.7 Å². The van der Waals surface area contributed by atoms with Crippen LogP contribution < -0.4 is 0 Å². The lowest BCUT2D eigenvalue weighted by atomic mass is 9.73. The van der Waals surface area contributed by atoms with Crippen LogP contribution in [0.15, 0.2) is 0 Å². The molecule has 0 aromatic carbocycles. The van der Waals surface area contributed by atoms with Gasteiger partial charge < -0.3 is 58.1 Å². The minimum atomic E-state index is -1.98. The van der Waals surface area contributed by atoms with Crippen LogP contribution in [0.5, 0.6) is 0 Å². The minimum absolute atomic E-state index is 0.0297. The lowest BCUT2D eigenvalue weighted by molar-refractivity contribution is -0.315. The standard InChI is InChI=1S/C45H80N2O14/c1-16-33-45(11,53)38(51)26(4)36(50)24(2)21-43(9,54-14)39(61-42-35(46(12)13)32(20-25(3)56-42)47-19-17-18-31(49)23-47)27(5)37(28(6)41(52)59-33)60-34-22-44(10,55-15)40(29(7)57-34)58-30(8)48/h24-29,31-35,37-40,42,49,51,53H,16-23H2,1-15H3/t24-,25-,26+,27+,28-,29+,31?,32-,33-,34+,35+,37+,38-,39-,40+,42+,43+,44-,45-/m1/s1. The van der Waals surface area contributed by atoms with Crippen molar-refractivity contribution in [2.45, 2.75) is 205 Å². The van der Waals surface area contributed by atoms with Gasteiger partial charge in [-0.3, -0.25) is 19.3 Å². The third-order valence-corrected chi connectivity index (χ3v) is 14.3. The molecule has 1 unspecified atom stereocenters. The van der Waals surface area contributed by atoms with Gasteiger partial charge in [0, 0.05) is 57.9 Å². The molecule has 0 radical (unpaired) electrons. The van der Waals surface area contributed by atoms with Crippen molar-refractivity contribution in [3.05, 3.63) is 0 Å². The van der Waals surface area contributed by atoms with Gasteiger partial charge in [0.25, 0.3) is 0 Å². The number of Topliss-reactive ketones (excluding diaryl/α,β-unsaturated/α-hetero) is 1. The minimum Gasteiger partial charge on any atom is -0.459 e. The summed E-state index contributed by atoms with van der Waals surface area (Å²) < 4.78 is 51.6. The molecule has 0 spiro atoms. The number of hydrogen-bond acceptors (Lipinski definition) is 16. The van der Waals surface area contributed by atoms with E-state index in [-0.39, 0.29) is 43.2 Å². The van der Waals surface area contributed by atoms with Crippen LogP contribution in [0.4, 0.5) is 0 Å². The Morgan fingerprint density at radius 1 is 0.918 bits per heavy atom. The molecule has 61 heavy (non-hydrogen) atoms. The quantitative estimate of drug-likeness (QED) is 0.270. The smallest absolute Gasteiger partial charge is 0.311 e. The first-order chi connectivity index (χ1) is 28.3. The molecule has 4 heterocycles. The second-order valence-electron chi connectivity index (χ2n) is 19.5. The summed E-state index contributed by atoms with van der Waals surface area (Å²) in [5.41, 5.74) is -4.24. The summed E-state index contributed by atoms with van der Waals surface area (Å²) >= 11 is 0. The predicted octanol–water partition coefficient (Wildman–Crippen LogP) is 3.47. The Balaban J connectivity index is 1.89. The maximum absolute atomic E-state index is 14.5. The average Bonchev–Trinajstić information content (AvgIpc) is 3.19. The molecule has 0 saturated carbocycles. The summed E-state index contributed by atoms with van der Waals surface area (Å²) in [4.78, 5) is 45.3. The normalized spacial score (nSPS) is 46.5. The molecule has 4 rings (SSSR count). The first-order valence-electron chi connectivity index (χ1n) is 22.5. The fraction of sp³-hybridized carbons (Fsp3) is 0.933. The Morgan fingerprint density at radius 2 is 1.54 bits per heavy atom. The van der Waals surface area contributed by atoms with Gasteiger partial charge in [0.15, 0.2) is 18.7 Å². The number of likely N-dealkylation sites (N-methyl/N-ethyl adjacent to an activating group) is 1. The Kier molecular flexibility index (Phi) is 17.8. The van der Waals surface area contributed by atoms with E-state index in [2.05, 4.69) is 9.80 Å². The van der Waals surface area contributed by atoms with E-state index in [1.54, 1.807) is 41.7 Å². The second-order valence-corrected chi connectivity index (χ2v) is 19.5. The molecule has 19 atom stereocenters. The van der Waals surface area contributed by atoms with Gasteiger partial charge in [-0.25, -0.2) is 0 Å². The number of ketones is 1. The topological polar surface area (TPSA) is 192 Å². The largest absolute Gasteiger partial charge is 0.459 e. The molecule has 3 N–H and O–H groups in total. The zero-order chi connectivity index (χ0) is 45.9. The number of nitrogens with zero attached hydrogens (tertiary/aromatic N) is 2. The van der Waals surface area contributed by atoms with Crippen molar-refractivity contribution in [3.63, 3.8) is 0 Å². The zero-order valence-corrected chi connectivity index (χ0v) is 39.6. The summed E-state index contributed by atoms with van der Waals surface area (Å²) in [5.74, 6) is -4.91. The summed E-state index contributed by atoms with van der Waals surface area (Å²) in [5, 5.41) is 34.2. The van der Waals surface area contributed by atoms with Crippen LogP contribution >= 0.6 is 0 Å². The van der Waals surface area contributed by atoms with E-state index in [9.17, 15) is 29.7 Å². The fourth-order valence-electron chi connectivity index (χ4n) is 10.7. The van der Waals surface area contributed by atoms with Crippen LogP contribution in [-0.2, 0) is 52.3 Å². The van der Waals surface area contributed by atoms with Gasteiger partial charge in [-0.15, -0.1) is 0 Å². The molecule has 0 aromatic rings. The van der Waals surface area contributed by atoms with Crippen LogP contribution in [-0.4, -0.2) is 175 Å². The van der Waals surface area contributed by atoms with E-state index >= 15 is 0 Å². The number of rotatable bonds is 10. The average molecular weight is 873 g/mol. The van der Waals surface area contributed by atoms with Crippen LogP contribution in [0.25, 0.3) is 0 Å². The number of ether oxygens (including phenoxy) is 8. The number of cyclic esters (lactones) is 1. The van der Waals surface area contributed by atoms with Gasteiger partial charge in [-0.1, -0.05) is 27.7 Å². The maximum atomic E-state index is 14.5. The van der Waals surface area contributed by atoms with Gasteiger partial charge in [-0.2, -0.15) is 0 Å². The zero-order valence-electron chi connectivity index (χ0n) is 39.6. The highest BCUT2D eigenvalue weighted by Gasteiger charge is 2.55. The molecular formula is C45H80N2O14. The first kappa shape index (κ1) is 51.8. The van der Waals surface area contributed by atoms with E-state index in [0.717, 1.165) is 19.4 Å². The van der Waals surface area contributed by atoms with Gasteiger partial charge >= 0.3 is 11.9 Å². The SMILES string of the molecule is CC[C@H]1OC(=O)[C@H](C)[C@@H](O[C@H]2C[C@@](C)(OC)[C@@H](OC(C)=O)[C@H](C)O2)[C@H](C)[C@@H](O[C@@H]2O[C@H](C)C[C@@H](N3CCCC(O)C3)[C@@H]2N(C)C)[C@@](C)(OC)C[C@@H](C)C(=O)[C@H](C)[C@@H](O)[C@]1(C)O. The molecule has 4 fully saturated rings. The Hall–Kier alpha value is -1.83. The van der Waals surface area contributed by atoms with Crippen LogP contribution in [0.3, 0.4) is 0 Å². The molecule has 4 aliphatic heterocycles. The molecule has 0 amide bonds. The Bertz CT molecular complexity index is 1470. The number of carbonyl (C=O) groups is 3. The number of piperidine rings is 1. The van der Waals surface area contributed by atoms with Gasteiger partial charge in [-0.05, 0) is 94.3 Å². The number of aliphatic hydroxyl groups excluding tert-OH is 2. The molecule has 16 heteroatoms. The summed E-state index contributed by atoms with van der Waals surface area (Å²) in [6.45, 7) is 20.2. The van der Waals surface area contributed by atoms with Gasteiger partial charge in [0.2, 0.25) is 0 Å². The molecule has 0 bridgehead atoms. The van der Waals surface area contributed by atoms with Crippen molar-refractivity contribution in [1.82, 2.24) is 9.80 Å². The number of methoxy groups -OCH3 is 2. The van der Waals surface area contributed by atoms with E-state index in [1.165, 1.54) is 21.0 Å². The van der Waals surface area contributed by atoms with Crippen molar-refractivity contribution in [2.75, 3.05) is 41.4 Å². The lowest BCUT2D eigenvalue weighted by Crippen LogP contribution is -2.65. The molecule has 16 nitrogen and oxygen atoms in total. The highest BCUT2D eigenvalue weighted by molar-refractivity contribution is 5.83. The molecule has 354 valence electrons. The van der Waals surface area contributed by atoms with E-state index in [4.69, 9.17) is 37.9 Å². The highest BCUT2D eigenvalue weighted by Crippen LogP contribution is 2.43. The monoisotopic (exact) mass is 873 g/mol. The Labute approximate surface area is 364 Å². The highest BCUT2D eigenvalue weighted by atomic mass is 16.7. The number of aliphatic hydroxyl groups is 3. The summed E-state index contributed by atoms with van der Waals surface area (Å²) in [6, 6.07) is -0.326. The summed E-state index contributed by atoms with van der Waals surface area (Å²) in [7, 11) is 7.05. The van der Waals surface area contributed by atoms with Gasteiger partial charge in [0.05, 0.1) is 54.2 Å². The van der Waals surface area contributed by atoms with Crippen LogP contribution in [0.1, 0.15) is 115 Å². The fourth-order valence-corrected chi connectivity index (χ4v) is 10.7. The van der Waals surface area contributed by atoms with Crippen molar-refractivity contribution in [2.24, 2.45) is 23.7 Å². The maximum Gasteiger partial charge on any atom is 0.311 e. The van der Waals surface area contributed by atoms with E-state index < -0.39 is 108 Å². The summed E-state index contributed by atoms with van der Waals surface area (Å²) in [6.07, 6.45) is -5.79. The number of carbonyl (C=O) groups excluding carboxylic acids is 3. The molecule has 0 aliphatic carbocycles. The molecule has 4 aliphatic rings. The third-order valence-electron chi connectivity index (χ3n) is 14.3. The number of β-amino-alcohol motifs (C(OH)–C–C–N with tert-alkyl or cyclic N) is 1. The van der Waals surface area contributed by atoms with Crippen molar-refractivity contribution in [1.29, 1.82) is 0 Å². The van der Waals surface area contributed by atoms with Crippen molar-refractivity contribution >= 4 is 17.7 Å². The van der Waals surface area contributed by atoms with Gasteiger partial charge in [0.1, 0.15) is 23.1 Å². The van der Waals surface area contributed by atoms with Crippen molar-refractivity contribution < 1.29 is 67.6 Å². The third kappa shape index (κ3) is 11.5. The second kappa shape index (κ2) is 21.0. The Morgan fingerprint density at radius 3 is 2.10 bits per heavy atom. The predicted molar refractivity (Wildman–Crippen MR) is 225 cm³/mol. The van der Waals surface area contributed by atoms with E-state index in [1.807, 2.05) is 41.8 Å².